The van der Waals surface area contributed by atoms with E-state index in [9.17, 15) is 24.5 Å². The van der Waals surface area contributed by atoms with Crippen LogP contribution in [0.4, 0.5) is 10.5 Å². The van der Waals surface area contributed by atoms with Gasteiger partial charge in [-0.25, -0.2) is 4.79 Å². The van der Waals surface area contributed by atoms with Gasteiger partial charge in [-0.15, -0.1) is 0 Å². The van der Waals surface area contributed by atoms with Crippen LogP contribution in [0.15, 0.2) is 24.3 Å². The molecule has 10 heteroatoms. The molecule has 144 valence electrons. The van der Waals surface area contributed by atoms with E-state index in [1.165, 1.54) is 31.2 Å². The Balaban J connectivity index is 1.69. The number of carbonyl (C=O) groups excluding carboxylic acids is 3. The van der Waals surface area contributed by atoms with Crippen molar-refractivity contribution in [1.29, 1.82) is 0 Å². The number of non-ortho nitro benzene ring substituents is 1. The molecule has 10 nitrogen and oxygen atoms in total. The van der Waals surface area contributed by atoms with Gasteiger partial charge in [-0.3, -0.25) is 24.6 Å². The van der Waals surface area contributed by atoms with Crippen molar-refractivity contribution in [3.8, 4) is 0 Å². The zero-order valence-electron chi connectivity index (χ0n) is 14.8. The van der Waals surface area contributed by atoms with E-state index in [1.54, 1.807) is 0 Å². The summed E-state index contributed by atoms with van der Waals surface area (Å²) in [6.07, 6.45) is 1.75. The van der Waals surface area contributed by atoms with E-state index in [2.05, 4.69) is 10.6 Å². The second-order valence-corrected chi connectivity index (χ2v) is 6.69. The van der Waals surface area contributed by atoms with E-state index in [4.69, 9.17) is 4.74 Å². The van der Waals surface area contributed by atoms with Gasteiger partial charge < -0.3 is 15.4 Å². The number of carbonyl (C=O) groups is 3. The van der Waals surface area contributed by atoms with Crippen molar-refractivity contribution in [3.63, 3.8) is 0 Å². The largest absolute Gasteiger partial charge is 0.376 e. The second-order valence-electron chi connectivity index (χ2n) is 6.69. The maximum Gasteiger partial charge on any atom is 0.325 e. The average molecular weight is 376 g/mol. The van der Waals surface area contributed by atoms with Crippen LogP contribution in [0.1, 0.15) is 25.3 Å². The second kappa shape index (κ2) is 7.31. The lowest BCUT2D eigenvalue weighted by atomic mass is 9.91. The molecule has 2 N–H and O–H groups in total. The first kappa shape index (κ1) is 18.8. The standard InChI is InChI=1S/C17H20N4O6/c1-17(11-4-2-5-12(8-11)21(25)26)15(23)20(16(24)19-17)10-14(22)18-9-13-6-3-7-27-13/h2,4-5,8,13H,3,6-7,9-10H2,1H3,(H,18,22)(H,19,24). The first-order valence-electron chi connectivity index (χ1n) is 8.58. The van der Waals surface area contributed by atoms with Crippen LogP contribution in [0.2, 0.25) is 0 Å². The summed E-state index contributed by atoms with van der Waals surface area (Å²) in [6, 6.07) is 4.77. The Morgan fingerprint density at radius 3 is 2.93 bits per heavy atom. The van der Waals surface area contributed by atoms with Crippen LogP contribution >= 0.6 is 0 Å². The zero-order valence-corrected chi connectivity index (χ0v) is 14.8. The summed E-state index contributed by atoms with van der Waals surface area (Å²) in [4.78, 5) is 48.3. The van der Waals surface area contributed by atoms with E-state index in [0.29, 0.717) is 13.2 Å². The molecule has 0 aliphatic carbocycles. The number of rotatable bonds is 6. The highest BCUT2D eigenvalue weighted by molar-refractivity contribution is 6.09. The minimum Gasteiger partial charge on any atom is -0.376 e. The Bertz CT molecular complexity index is 791. The predicted molar refractivity (Wildman–Crippen MR) is 92.7 cm³/mol. The van der Waals surface area contributed by atoms with Gasteiger partial charge in [0.05, 0.1) is 11.0 Å². The molecule has 1 aromatic carbocycles. The third-order valence-electron chi connectivity index (χ3n) is 4.76. The summed E-state index contributed by atoms with van der Waals surface area (Å²) in [5.41, 5.74) is -1.39. The molecule has 2 aliphatic rings. The number of ether oxygens (including phenoxy) is 1. The Kier molecular flexibility index (Phi) is 5.08. The van der Waals surface area contributed by atoms with Gasteiger partial charge in [0.1, 0.15) is 12.1 Å². The molecule has 27 heavy (non-hydrogen) atoms. The van der Waals surface area contributed by atoms with Crippen molar-refractivity contribution in [2.75, 3.05) is 19.7 Å². The highest BCUT2D eigenvalue weighted by Crippen LogP contribution is 2.30. The summed E-state index contributed by atoms with van der Waals surface area (Å²) >= 11 is 0. The summed E-state index contributed by atoms with van der Waals surface area (Å²) in [5.74, 6) is -1.11. The smallest absolute Gasteiger partial charge is 0.325 e. The fraction of sp³-hybridized carbons (Fsp3) is 0.471. The number of urea groups is 1. The van der Waals surface area contributed by atoms with Crippen LogP contribution in [0.25, 0.3) is 0 Å². The Morgan fingerprint density at radius 1 is 1.48 bits per heavy atom. The summed E-state index contributed by atoms with van der Waals surface area (Å²) < 4.78 is 5.41. The number of nitro groups is 1. The monoisotopic (exact) mass is 376 g/mol. The molecular formula is C17H20N4O6. The van der Waals surface area contributed by atoms with Crippen molar-refractivity contribution < 1.29 is 24.0 Å². The minimum atomic E-state index is -1.47. The molecule has 0 saturated carbocycles. The fourth-order valence-corrected chi connectivity index (χ4v) is 3.20. The lowest BCUT2D eigenvalue weighted by molar-refractivity contribution is -0.385. The molecule has 0 bridgehead atoms. The molecule has 2 fully saturated rings. The summed E-state index contributed by atoms with van der Waals surface area (Å²) in [7, 11) is 0. The van der Waals surface area contributed by atoms with Crippen LogP contribution in [-0.4, -0.2) is 53.5 Å². The van der Waals surface area contributed by atoms with Crippen LogP contribution < -0.4 is 10.6 Å². The van der Waals surface area contributed by atoms with Crippen molar-refractivity contribution in [1.82, 2.24) is 15.5 Å². The zero-order chi connectivity index (χ0) is 19.6. The van der Waals surface area contributed by atoms with E-state index in [0.717, 1.165) is 17.7 Å². The van der Waals surface area contributed by atoms with Gasteiger partial charge in [0, 0.05) is 25.3 Å². The summed E-state index contributed by atoms with van der Waals surface area (Å²) in [5, 5.41) is 16.2. The topological polar surface area (TPSA) is 131 Å². The van der Waals surface area contributed by atoms with Gasteiger partial charge in [-0.2, -0.15) is 0 Å². The number of amides is 4. The number of nitro benzene ring substituents is 1. The predicted octanol–water partition coefficient (Wildman–Crippen LogP) is 0.657. The molecule has 1 aromatic rings. The van der Waals surface area contributed by atoms with Gasteiger partial charge in [0.25, 0.3) is 11.6 Å². The van der Waals surface area contributed by atoms with Crippen molar-refractivity contribution in [2.45, 2.75) is 31.4 Å². The first-order chi connectivity index (χ1) is 12.8. The van der Waals surface area contributed by atoms with Crippen LogP contribution in [-0.2, 0) is 19.9 Å². The Morgan fingerprint density at radius 2 is 2.26 bits per heavy atom. The molecule has 0 aromatic heterocycles. The maximum atomic E-state index is 12.8. The molecule has 4 amide bonds. The van der Waals surface area contributed by atoms with Gasteiger partial charge >= 0.3 is 6.03 Å². The molecule has 0 spiro atoms. The molecule has 2 heterocycles. The first-order valence-corrected chi connectivity index (χ1v) is 8.58. The van der Waals surface area contributed by atoms with E-state index < -0.39 is 34.9 Å². The van der Waals surface area contributed by atoms with E-state index in [1.807, 2.05) is 0 Å². The fourth-order valence-electron chi connectivity index (χ4n) is 3.20. The van der Waals surface area contributed by atoms with E-state index in [-0.39, 0.29) is 17.4 Å². The highest BCUT2D eigenvalue weighted by Gasteiger charge is 2.49. The summed E-state index contributed by atoms with van der Waals surface area (Å²) in [6.45, 7) is 2.01. The van der Waals surface area contributed by atoms with Crippen molar-refractivity contribution >= 4 is 23.5 Å². The quantitative estimate of drug-likeness (QED) is 0.426. The number of hydrogen-bond donors (Lipinski definition) is 2. The SMILES string of the molecule is CC1(c2cccc([N+](=O)[O-])c2)NC(=O)N(CC(=O)NCC2CCCO2)C1=O. The lowest BCUT2D eigenvalue weighted by Gasteiger charge is -2.22. The van der Waals surface area contributed by atoms with Crippen LogP contribution in [0, 0.1) is 10.1 Å². The van der Waals surface area contributed by atoms with E-state index >= 15 is 0 Å². The molecule has 2 aliphatic heterocycles. The Labute approximate surface area is 155 Å². The number of imide groups is 1. The molecule has 2 atom stereocenters. The Hall–Kier alpha value is -3.01. The third kappa shape index (κ3) is 3.75. The lowest BCUT2D eigenvalue weighted by Crippen LogP contribution is -2.44. The van der Waals surface area contributed by atoms with Crippen LogP contribution in [0.5, 0.6) is 0 Å². The average Bonchev–Trinajstić information content (AvgIpc) is 3.23. The number of nitrogens with one attached hydrogen (secondary N) is 2. The molecular weight excluding hydrogens is 356 g/mol. The molecule has 3 rings (SSSR count). The number of nitrogens with zero attached hydrogens (tertiary/aromatic N) is 2. The van der Waals surface area contributed by atoms with Crippen LogP contribution in [0.3, 0.4) is 0 Å². The molecule has 0 radical (unpaired) electrons. The number of hydrogen-bond acceptors (Lipinski definition) is 6. The van der Waals surface area contributed by atoms with Gasteiger partial charge in [0.2, 0.25) is 5.91 Å². The van der Waals surface area contributed by atoms with Crippen molar-refractivity contribution in [2.24, 2.45) is 0 Å². The van der Waals surface area contributed by atoms with Gasteiger partial charge in [-0.1, -0.05) is 12.1 Å². The number of benzene rings is 1. The normalized spacial score (nSPS) is 24.8. The third-order valence-corrected chi connectivity index (χ3v) is 4.76. The minimum absolute atomic E-state index is 0.0489. The van der Waals surface area contributed by atoms with Gasteiger partial charge in [0.15, 0.2) is 0 Å². The maximum absolute atomic E-state index is 12.8. The molecule has 2 saturated heterocycles. The van der Waals surface area contributed by atoms with Crippen molar-refractivity contribution in [3.05, 3.63) is 39.9 Å². The highest BCUT2D eigenvalue weighted by atomic mass is 16.6. The molecule has 2 unspecified atom stereocenters. The van der Waals surface area contributed by atoms with Gasteiger partial charge in [-0.05, 0) is 25.3 Å².